The van der Waals surface area contributed by atoms with Crippen LogP contribution in [0.1, 0.15) is 25.0 Å². The lowest BCUT2D eigenvalue weighted by atomic mass is 10.1. The maximum atomic E-state index is 10.8. The molecule has 94 valence electrons. The summed E-state index contributed by atoms with van der Waals surface area (Å²) in [4.78, 5) is 10.8. The lowest BCUT2D eigenvalue weighted by Crippen LogP contribution is -2.02. The van der Waals surface area contributed by atoms with Gasteiger partial charge < -0.3 is 14.2 Å². The Morgan fingerprint density at radius 2 is 1.71 bits per heavy atom. The Bertz CT molecular complexity index is 373. The van der Waals surface area contributed by atoms with Crippen molar-refractivity contribution in [1.82, 2.24) is 0 Å². The normalized spacial score (nSPS) is 9.88. The molecule has 1 aromatic carbocycles. The summed E-state index contributed by atoms with van der Waals surface area (Å²) in [6, 6.07) is 3.73. The number of carbonyl (C=O) groups is 1. The first-order valence-electron chi connectivity index (χ1n) is 5.49. The van der Waals surface area contributed by atoms with Crippen molar-refractivity contribution in [3.8, 4) is 11.5 Å². The molecule has 0 aromatic heterocycles. The van der Waals surface area contributed by atoms with E-state index in [-0.39, 0.29) is 12.6 Å². The fraction of sp³-hybridized carbons (Fsp3) is 0.462. The van der Waals surface area contributed by atoms with Crippen LogP contribution in [0.3, 0.4) is 0 Å². The molecular weight excluding hydrogens is 220 g/mol. The average Bonchev–Trinajstić information content (AvgIpc) is 2.34. The maximum Gasteiger partial charge on any atom is 0.302 e. The van der Waals surface area contributed by atoms with E-state index >= 15 is 0 Å². The van der Waals surface area contributed by atoms with Gasteiger partial charge in [0.05, 0.1) is 14.2 Å². The van der Waals surface area contributed by atoms with Gasteiger partial charge in [0.1, 0.15) is 18.1 Å². The number of rotatable bonds is 5. The smallest absolute Gasteiger partial charge is 0.302 e. The van der Waals surface area contributed by atoms with Crippen molar-refractivity contribution >= 4 is 5.97 Å². The number of benzene rings is 1. The van der Waals surface area contributed by atoms with Gasteiger partial charge >= 0.3 is 5.97 Å². The molecule has 0 bridgehead atoms. The molecule has 0 heterocycles. The van der Waals surface area contributed by atoms with Crippen LogP contribution >= 0.6 is 0 Å². The van der Waals surface area contributed by atoms with E-state index in [1.807, 2.05) is 19.1 Å². The van der Waals surface area contributed by atoms with Gasteiger partial charge in [-0.1, -0.05) is 6.92 Å². The van der Waals surface area contributed by atoms with Crippen molar-refractivity contribution in [1.29, 1.82) is 0 Å². The molecule has 1 rings (SSSR count). The van der Waals surface area contributed by atoms with Gasteiger partial charge in [-0.2, -0.15) is 0 Å². The minimum atomic E-state index is -0.303. The summed E-state index contributed by atoms with van der Waals surface area (Å²) >= 11 is 0. The van der Waals surface area contributed by atoms with Crippen LogP contribution in [0.4, 0.5) is 0 Å². The topological polar surface area (TPSA) is 44.8 Å². The van der Waals surface area contributed by atoms with E-state index < -0.39 is 0 Å². The molecule has 0 spiro atoms. The molecule has 0 unspecified atom stereocenters. The van der Waals surface area contributed by atoms with Gasteiger partial charge in [-0.3, -0.25) is 4.79 Å². The van der Waals surface area contributed by atoms with E-state index in [4.69, 9.17) is 14.2 Å². The highest BCUT2D eigenvalue weighted by Crippen LogP contribution is 2.31. The first-order chi connectivity index (χ1) is 8.12. The molecule has 0 saturated heterocycles. The molecule has 0 saturated carbocycles. The van der Waals surface area contributed by atoms with Gasteiger partial charge in [-0.25, -0.2) is 0 Å². The Hall–Kier alpha value is -1.71. The van der Waals surface area contributed by atoms with Crippen molar-refractivity contribution < 1.29 is 19.0 Å². The third-order valence-corrected chi connectivity index (χ3v) is 2.46. The Morgan fingerprint density at radius 3 is 2.06 bits per heavy atom. The van der Waals surface area contributed by atoms with E-state index in [9.17, 15) is 4.79 Å². The van der Waals surface area contributed by atoms with Crippen LogP contribution in [0.2, 0.25) is 0 Å². The zero-order valence-electron chi connectivity index (χ0n) is 10.7. The summed E-state index contributed by atoms with van der Waals surface area (Å²) in [5, 5.41) is 0. The van der Waals surface area contributed by atoms with Crippen LogP contribution < -0.4 is 9.47 Å². The molecule has 4 nitrogen and oxygen atoms in total. The van der Waals surface area contributed by atoms with Gasteiger partial charge in [0.25, 0.3) is 0 Å². The Balaban J connectivity index is 3.04. The van der Waals surface area contributed by atoms with Crippen molar-refractivity contribution in [2.75, 3.05) is 14.2 Å². The Labute approximate surface area is 101 Å². The molecule has 17 heavy (non-hydrogen) atoms. The largest absolute Gasteiger partial charge is 0.496 e. The first kappa shape index (κ1) is 13.4. The van der Waals surface area contributed by atoms with Gasteiger partial charge in [-0.15, -0.1) is 0 Å². The molecule has 0 fully saturated rings. The average molecular weight is 238 g/mol. The fourth-order valence-electron chi connectivity index (χ4n) is 1.66. The van der Waals surface area contributed by atoms with Gasteiger partial charge in [0.15, 0.2) is 0 Å². The van der Waals surface area contributed by atoms with Crippen LogP contribution in [-0.4, -0.2) is 20.2 Å². The minimum Gasteiger partial charge on any atom is -0.496 e. The van der Waals surface area contributed by atoms with Crippen LogP contribution in [0.15, 0.2) is 12.1 Å². The second kappa shape index (κ2) is 6.13. The van der Waals surface area contributed by atoms with Crippen LogP contribution in [0.25, 0.3) is 0 Å². The van der Waals surface area contributed by atoms with Crippen molar-refractivity contribution in [2.45, 2.75) is 26.9 Å². The molecule has 0 aliphatic carbocycles. The lowest BCUT2D eigenvalue weighted by molar-refractivity contribution is -0.142. The van der Waals surface area contributed by atoms with E-state index in [2.05, 4.69) is 0 Å². The molecule has 0 amide bonds. The fourth-order valence-corrected chi connectivity index (χ4v) is 1.66. The van der Waals surface area contributed by atoms with E-state index in [0.717, 1.165) is 29.0 Å². The summed E-state index contributed by atoms with van der Waals surface area (Å²) in [7, 11) is 3.23. The molecule has 0 aliphatic rings. The molecule has 0 atom stereocenters. The van der Waals surface area contributed by atoms with Crippen LogP contribution in [0.5, 0.6) is 11.5 Å². The summed E-state index contributed by atoms with van der Waals surface area (Å²) in [5.41, 5.74) is 1.87. The van der Waals surface area contributed by atoms with E-state index in [1.54, 1.807) is 14.2 Å². The number of methoxy groups -OCH3 is 2. The van der Waals surface area contributed by atoms with Crippen molar-refractivity contribution in [3.05, 3.63) is 23.3 Å². The molecule has 0 radical (unpaired) electrons. The van der Waals surface area contributed by atoms with E-state index in [1.165, 1.54) is 6.92 Å². The molecule has 0 N–H and O–H groups in total. The zero-order valence-corrected chi connectivity index (χ0v) is 10.7. The van der Waals surface area contributed by atoms with Gasteiger partial charge in [-0.05, 0) is 24.1 Å². The number of hydrogen-bond donors (Lipinski definition) is 0. The first-order valence-corrected chi connectivity index (χ1v) is 5.49. The number of carbonyl (C=O) groups excluding carboxylic acids is 1. The SMILES string of the molecule is CCc1c(OC)cc(COC(C)=O)cc1OC. The molecule has 4 heteroatoms. The van der Waals surface area contributed by atoms with E-state index in [0.29, 0.717) is 0 Å². The third kappa shape index (κ3) is 3.37. The second-order valence-corrected chi connectivity index (χ2v) is 3.61. The summed E-state index contributed by atoms with van der Waals surface area (Å²) in [5.74, 6) is 1.21. The maximum absolute atomic E-state index is 10.8. The predicted octanol–water partition coefficient (Wildman–Crippen LogP) is 2.33. The van der Waals surface area contributed by atoms with Gasteiger partial charge in [0.2, 0.25) is 0 Å². The predicted molar refractivity (Wildman–Crippen MR) is 64.4 cm³/mol. The molecule has 1 aromatic rings. The Kier molecular flexibility index (Phi) is 4.82. The van der Waals surface area contributed by atoms with Gasteiger partial charge in [0, 0.05) is 12.5 Å². The standard InChI is InChI=1S/C13H18O4/c1-5-11-12(15-3)6-10(7-13(11)16-4)8-17-9(2)14/h6-7H,5,8H2,1-4H3. The number of hydrogen-bond acceptors (Lipinski definition) is 4. The van der Waals surface area contributed by atoms with Crippen LogP contribution in [-0.2, 0) is 22.6 Å². The number of esters is 1. The third-order valence-electron chi connectivity index (χ3n) is 2.46. The Morgan fingerprint density at radius 1 is 1.18 bits per heavy atom. The quantitative estimate of drug-likeness (QED) is 0.738. The van der Waals surface area contributed by atoms with Crippen LogP contribution in [0, 0.1) is 0 Å². The van der Waals surface area contributed by atoms with Crippen molar-refractivity contribution in [3.63, 3.8) is 0 Å². The highest BCUT2D eigenvalue weighted by atomic mass is 16.5. The zero-order chi connectivity index (χ0) is 12.8. The second-order valence-electron chi connectivity index (χ2n) is 3.61. The number of ether oxygens (including phenoxy) is 3. The minimum absolute atomic E-state index is 0.228. The monoisotopic (exact) mass is 238 g/mol. The summed E-state index contributed by atoms with van der Waals surface area (Å²) in [6.45, 7) is 3.65. The molecule has 0 aliphatic heterocycles. The summed E-state index contributed by atoms with van der Waals surface area (Å²) < 4.78 is 15.6. The lowest BCUT2D eigenvalue weighted by Gasteiger charge is -2.14. The molecular formula is C13H18O4. The summed E-state index contributed by atoms with van der Waals surface area (Å²) in [6.07, 6.45) is 0.820. The highest BCUT2D eigenvalue weighted by molar-refractivity contribution is 5.66. The highest BCUT2D eigenvalue weighted by Gasteiger charge is 2.11. The van der Waals surface area contributed by atoms with Crippen molar-refractivity contribution in [2.24, 2.45) is 0 Å².